The van der Waals surface area contributed by atoms with Crippen molar-refractivity contribution < 1.29 is 19.8 Å². The molecule has 5 heteroatoms. The molecule has 3 atom stereocenters. The summed E-state index contributed by atoms with van der Waals surface area (Å²) in [5.41, 5.74) is 1.39. The van der Waals surface area contributed by atoms with Crippen molar-refractivity contribution in [3.8, 4) is 0 Å². The average molecular weight is 444 g/mol. The summed E-state index contributed by atoms with van der Waals surface area (Å²) in [6.45, 7) is 2.81. The monoisotopic (exact) mass is 443 g/mol. The second kappa shape index (κ2) is 14.8. The summed E-state index contributed by atoms with van der Waals surface area (Å²) in [4.78, 5) is 24.7. The van der Waals surface area contributed by atoms with Gasteiger partial charge in [-0.2, -0.15) is 0 Å². The van der Waals surface area contributed by atoms with Crippen LogP contribution in [-0.4, -0.2) is 45.7 Å². The zero-order valence-corrected chi connectivity index (χ0v) is 19.6. The normalized spacial score (nSPS) is 18.4. The molecule has 2 rings (SSSR count). The number of aryl methyl sites for hydroxylation is 1. The minimum atomic E-state index is -0.745. The molecule has 1 fully saturated rings. The molecule has 1 aliphatic rings. The Morgan fingerprint density at radius 1 is 1.09 bits per heavy atom. The van der Waals surface area contributed by atoms with Gasteiger partial charge in [-0.3, -0.25) is 9.59 Å². The zero-order chi connectivity index (χ0) is 23.2. The lowest BCUT2D eigenvalue weighted by Gasteiger charge is -2.23. The first-order valence-corrected chi connectivity index (χ1v) is 12.4. The van der Waals surface area contributed by atoms with Gasteiger partial charge in [0.2, 0.25) is 5.91 Å². The lowest BCUT2D eigenvalue weighted by molar-refractivity contribution is -0.137. The highest BCUT2D eigenvalue weighted by Gasteiger charge is 2.28. The lowest BCUT2D eigenvalue weighted by atomic mass is 9.95. The van der Waals surface area contributed by atoms with Gasteiger partial charge in [-0.25, -0.2) is 0 Å². The summed E-state index contributed by atoms with van der Waals surface area (Å²) >= 11 is 0. The third-order valence-electron chi connectivity index (χ3n) is 6.50. The highest BCUT2D eigenvalue weighted by molar-refractivity contribution is 5.79. The molecule has 1 aliphatic heterocycles. The highest BCUT2D eigenvalue weighted by atomic mass is 16.4. The first-order valence-electron chi connectivity index (χ1n) is 12.4. The molecule has 2 N–H and O–H groups in total. The summed E-state index contributed by atoms with van der Waals surface area (Å²) < 4.78 is 0. The van der Waals surface area contributed by atoms with Crippen molar-refractivity contribution in [1.29, 1.82) is 0 Å². The molecule has 0 radical (unpaired) electrons. The topological polar surface area (TPSA) is 77.8 Å². The Morgan fingerprint density at radius 2 is 1.81 bits per heavy atom. The summed E-state index contributed by atoms with van der Waals surface area (Å²) in [7, 11) is 0. The van der Waals surface area contributed by atoms with Crippen LogP contribution in [0.1, 0.15) is 83.1 Å². The van der Waals surface area contributed by atoms with E-state index in [0.717, 1.165) is 44.9 Å². The smallest absolute Gasteiger partial charge is 0.303 e. The van der Waals surface area contributed by atoms with Crippen molar-refractivity contribution in [3.63, 3.8) is 0 Å². The van der Waals surface area contributed by atoms with E-state index in [1.807, 2.05) is 23.1 Å². The van der Waals surface area contributed by atoms with Crippen LogP contribution in [0.15, 0.2) is 42.5 Å². The lowest BCUT2D eigenvalue weighted by Crippen LogP contribution is -2.33. The molecular weight excluding hydrogens is 402 g/mol. The Morgan fingerprint density at radius 3 is 2.56 bits per heavy atom. The SMILES string of the molecule is C[C@H](CCCCCc1ccccc1)[C@H](O)/C=C/[C@H]1CCC(=O)N1CCCCCCC(=O)O. The Hall–Kier alpha value is -2.14. The molecule has 1 saturated heterocycles. The van der Waals surface area contributed by atoms with E-state index < -0.39 is 12.1 Å². The molecule has 1 amide bonds. The number of likely N-dealkylation sites (tertiary alicyclic amines) is 1. The Balaban J connectivity index is 1.63. The van der Waals surface area contributed by atoms with E-state index in [1.165, 1.54) is 18.4 Å². The van der Waals surface area contributed by atoms with Gasteiger partial charge in [0.05, 0.1) is 12.1 Å². The van der Waals surface area contributed by atoms with Crippen molar-refractivity contribution in [2.24, 2.45) is 5.92 Å². The van der Waals surface area contributed by atoms with Gasteiger partial charge < -0.3 is 15.1 Å². The van der Waals surface area contributed by atoms with E-state index >= 15 is 0 Å². The number of unbranched alkanes of at least 4 members (excludes halogenated alkanes) is 5. The largest absolute Gasteiger partial charge is 0.481 e. The van der Waals surface area contributed by atoms with Crippen LogP contribution in [0.3, 0.4) is 0 Å². The van der Waals surface area contributed by atoms with Gasteiger partial charge in [-0.05, 0) is 50.0 Å². The molecule has 0 saturated carbocycles. The number of amides is 1. The number of hydrogen-bond donors (Lipinski definition) is 2. The standard InChI is InChI=1S/C27H41NO4/c1-22(12-6-4-7-13-23-14-8-5-9-15-23)25(29)19-17-24-18-20-26(30)28(24)21-11-3-2-10-16-27(31)32/h5,8-9,14-15,17,19,22,24-25,29H,2-4,6-7,10-13,16,18,20-21H2,1H3,(H,31,32)/b19-17+/t22-,24+,25-/m1/s1. The van der Waals surface area contributed by atoms with Crippen LogP contribution < -0.4 is 0 Å². The van der Waals surface area contributed by atoms with Crippen LogP contribution in [-0.2, 0) is 16.0 Å². The van der Waals surface area contributed by atoms with Gasteiger partial charge in [0.25, 0.3) is 0 Å². The molecular formula is C27H41NO4. The van der Waals surface area contributed by atoms with Crippen molar-refractivity contribution >= 4 is 11.9 Å². The van der Waals surface area contributed by atoms with Gasteiger partial charge >= 0.3 is 5.97 Å². The predicted molar refractivity (Wildman–Crippen MR) is 128 cm³/mol. The van der Waals surface area contributed by atoms with Crippen LogP contribution in [0.25, 0.3) is 0 Å². The summed E-state index contributed by atoms with van der Waals surface area (Å²) in [6.07, 6.45) is 14.1. The molecule has 0 aliphatic carbocycles. The Kier molecular flexibility index (Phi) is 12.1. The van der Waals surface area contributed by atoms with E-state index in [0.29, 0.717) is 19.4 Å². The maximum Gasteiger partial charge on any atom is 0.303 e. The number of carbonyl (C=O) groups is 2. The minimum absolute atomic E-state index is 0.0780. The third kappa shape index (κ3) is 9.99. The number of aliphatic hydroxyl groups is 1. The van der Waals surface area contributed by atoms with E-state index in [9.17, 15) is 14.7 Å². The van der Waals surface area contributed by atoms with Gasteiger partial charge in [0.1, 0.15) is 0 Å². The molecule has 1 heterocycles. The van der Waals surface area contributed by atoms with Gasteiger partial charge in [-0.15, -0.1) is 0 Å². The molecule has 1 aromatic carbocycles. The number of carboxylic acids is 1. The van der Waals surface area contributed by atoms with E-state index in [4.69, 9.17) is 5.11 Å². The van der Waals surface area contributed by atoms with Crippen LogP contribution in [0, 0.1) is 5.92 Å². The van der Waals surface area contributed by atoms with Crippen LogP contribution in [0.2, 0.25) is 0 Å². The number of carbonyl (C=O) groups excluding carboxylic acids is 1. The maximum absolute atomic E-state index is 12.2. The summed E-state index contributed by atoms with van der Waals surface area (Å²) in [6, 6.07) is 10.6. The summed E-state index contributed by atoms with van der Waals surface area (Å²) in [5, 5.41) is 19.2. The zero-order valence-electron chi connectivity index (χ0n) is 19.6. The first kappa shape index (κ1) is 26.1. The number of carboxylic acid groups (broad SMARTS) is 1. The van der Waals surface area contributed by atoms with E-state index in [1.54, 1.807) is 0 Å². The molecule has 178 valence electrons. The molecule has 0 unspecified atom stereocenters. The quantitative estimate of drug-likeness (QED) is 0.266. The van der Waals surface area contributed by atoms with Crippen LogP contribution >= 0.6 is 0 Å². The fourth-order valence-corrected chi connectivity index (χ4v) is 4.38. The molecule has 5 nitrogen and oxygen atoms in total. The second-order valence-corrected chi connectivity index (χ2v) is 9.19. The number of hydrogen-bond acceptors (Lipinski definition) is 3. The summed E-state index contributed by atoms with van der Waals surface area (Å²) in [5.74, 6) is -0.348. The van der Waals surface area contributed by atoms with Crippen molar-refractivity contribution in [2.75, 3.05) is 6.54 Å². The highest BCUT2D eigenvalue weighted by Crippen LogP contribution is 2.22. The maximum atomic E-state index is 12.2. The van der Waals surface area contributed by atoms with Crippen molar-refractivity contribution in [2.45, 2.75) is 96.1 Å². The van der Waals surface area contributed by atoms with Gasteiger partial charge in [-0.1, -0.05) is 75.1 Å². The average Bonchev–Trinajstić information content (AvgIpc) is 3.13. The fraction of sp³-hybridized carbons (Fsp3) is 0.630. The molecule has 0 bridgehead atoms. The predicted octanol–water partition coefficient (Wildman–Crippen LogP) is 5.37. The minimum Gasteiger partial charge on any atom is -0.481 e. The van der Waals surface area contributed by atoms with Crippen LogP contribution in [0.4, 0.5) is 0 Å². The van der Waals surface area contributed by atoms with E-state index in [2.05, 4.69) is 31.2 Å². The van der Waals surface area contributed by atoms with Crippen molar-refractivity contribution in [3.05, 3.63) is 48.0 Å². The number of benzene rings is 1. The third-order valence-corrected chi connectivity index (χ3v) is 6.50. The Bertz CT molecular complexity index is 703. The fourth-order valence-electron chi connectivity index (χ4n) is 4.38. The van der Waals surface area contributed by atoms with E-state index in [-0.39, 0.29) is 24.3 Å². The van der Waals surface area contributed by atoms with Crippen molar-refractivity contribution in [1.82, 2.24) is 4.90 Å². The number of rotatable bonds is 16. The molecule has 1 aromatic rings. The first-order chi connectivity index (χ1) is 15.5. The van der Waals surface area contributed by atoms with Gasteiger partial charge in [0.15, 0.2) is 0 Å². The molecule has 0 spiro atoms. The number of aliphatic hydroxyl groups excluding tert-OH is 1. The number of aliphatic carboxylic acids is 1. The Labute approximate surface area is 193 Å². The molecule has 32 heavy (non-hydrogen) atoms. The molecule has 0 aromatic heterocycles. The van der Waals surface area contributed by atoms with Gasteiger partial charge in [0, 0.05) is 19.4 Å². The number of nitrogens with zero attached hydrogens (tertiary/aromatic N) is 1. The van der Waals surface area contributed by atoms with Crippen LogP contribution in [0.5, 0.6) is 0 Å². The second-order valence-electron chi connectivity index (χ2n) is 9.19.